The third kappa shape index (κ3) is 5.44. The molecule has 1 aliphatic heterocycles. The molecule has 2 aromatic rings. The van der Waals surface area contributed by atoms with Crippen molar-refractivity contribution in [1.29, 1.82) is 0 Å². The van der Waals surface area contributed by atoms with Gasteiger partial charge in [0.05, 0.1) is 19.0 Å². The Morgan fingerprint density at radius 2 is 1.89 bits per heavy atom. The summed E-state index contributed by atoms with van der Waals surface area (Å²) in [5.41, 5.74) is 0.665. The number of anilines is 1. The molecule has 0 saturated carbocycles. The minimum atomic E-state index is -0.0624. The van der Waals surface area contributed by atoms with Crippen molar-refractivity contribution in [2.75, 3.05) is 32.1 Å². The molecule has 6 heteroatoms. The Balaban J connectivity index is 1.54. The Labute approximate surface area is 160 Å². The van der Waals surface area contributed by atoms with Gasteiger partial charge in [0, 0.05) is 18.5 Å². The molecule has 144 valence electrons. The first-order valence-electron chi connectivity index (χ1n) is 9.46. The average Bonchev–Trinajstić information content (AvgIpc) is 2.70. The van der Waals surface area contributed by atoms with E-state index in [0.717, 1.165) is 19.6 Å². The lowest BCUT2D eigenvalue weighted by Gasteiger charge is -2.28. The molecule has 0 bridgehead atoms. The Hall–Kier alpha value is -2.60. The standard InChI is InChI=1S/C21H27N3O3/c1-16(15-24-12-6-3-7-13-24)21(25)23-17-10-11-20(22-14-17)27-19-9-5-4-8-18(19)26-2/h4-5,8-11,14,16H,3,6-7,12-13,15H2,1-2H3,(H,23,25). The number of hydrogen-bond acceptors (Lipinski definition) is 5. The van der Waals surface area contributed by atoms with Crippen molar-refractivity contribution >= 4 is 11.6 Å². The van der Waals surface area contributed by atoms with Gasteiger partial charge >= 0.3 is 0 Å². The van der Waals surface area contributed by atoms with E-state index in [9.17, 15) is 4.79 Å². The number of rotatable bonds is 7. The quantitative estimate of drug-likeness (QED) is 0.801. The maximum Gasteiger partial charge on any atom is 0.228 e. The van der Waals surface area contributed by atoms with E-state index in [1.807, 2.05) is 31.2 Å². The summed E-state index contributed by atoms with van der Waals surface area (Å²) in [5.74, 6) is 1.63. The van der Waals surface area contributed by atoms with Gasteiger partial charge < -0.3 is 19.7 Å². The zero-order chi connectivity index (χ0) is 19.1. The van der Waals surface area contributed by atoms with Gasteiger partial charge in [0.1, 0.15) is 0 Å². The third-order valence-electron chi connectivity index (χ3n) is 4.72. The molecule has 6 nitrogen and oxygen atoms in total. The molecule has 1 unspecified atom stereocenters. The summed E-state index contributed by atoms with van der Waals surface area (Å²) in [4.78, 5) is 19.1. The third-order valence-corrected chi connectivity index (χ3v) is 4.72. The number of hydrogen-bond donors (Lipinski definition) is 1. The Morgan fingerprint density at radius 3 is 2.56 bits per heavy atom. The van der Waals surface area contributed by atoms with Crippen molar-refractivity contribution in [3.05, 3.63) is 42.6 Å². The van der Waals surface area contributed by atoms with Gasteiger partial charge in [0.2, 0.25) is 11.8 Å². The maximum absolute atomic E-state index is 12.4. The lowest BCUT2D eigenvalue weighted by Crippen LogP contribution is -2.37. The second-order valence-corrected chi connectivity index (χ2v) is 6.89. The van der Waals surface area contributed by atoms with Crippen molar-refractivity contribution in [2.45, 2.75) is 26.2 Å². The number of carbonyl (C=O) groups is 1. The fourth-order valence-electron chi connectivity index (χ4n) is 3.21. The van der Waals surface area contributed by atoms with Crippen LogP contribution in [-0.4, -0.2) is 42.5 Å². The van der Waals surface area contributed by atoms with E-state index in [1.54, 1.807) is 25.4 Å². The van der Waals surface area contributed by atoms with Crippen LogP contribution in [0.25, 0.3) is 0 Å². The molecule has 1 aliphatic rings. The van der Waals surface area contributed by atoms with Crippen molar-refractivity contribution in [3.8, 4) is 17.4 Å². The van der Waals surface area contributed by atoms with Crippen LogP contribution in [-0.2, 0) is 4.79 Å². The maximum atomic E-state index is 12.4. The van der Waals surface area contributed by atoms with Crippen LogP contribution in [0.5, 0.6) is 17.4 Å². The number of para-hydroxylation sites is 2. The number of nitrogens with zero attached hydrogens (tertiary/aromatic N) is 2. The molecule has 1 amide bonds. The molecule has 27 heavy (non-hydrogen) atoms. The number of likely N-dealkylation sites (tertiary alicyclic amines) is 1. The molecule has 1 aromatic carbocycles. The Bertz CT molecular complexity index is 743. The Morgan fingerprint density at radius 1 is 1.15 bits per heavy atom. The normalized spacial score (nSPS) is 15.8. The lowest BCUT2D eigenvalue weighted by molar-refractivity contribution is -0.120. The van der Waals surface area contributed by atoms with Crippen LogP contribution >= 0.6 is 0 Å². The summed E-state index contributed by atoms with van der Waals surface area (Å²) in [6, 6.07) is 10.9. The van der Waals surface area contributed by atoms with E-state index in [0.29, 0.717) is 23.1 Å². The Kier molecular flexibility index (Phi) is 6.65. The first-order chi connectivity index (χ1) is 13.2. The molecular weight excluding hydrogens is 342 g/mol. The first-order valence-corrected chi connectivity index (χ1v) is 9.46. The van der Waals surface area contributed by atoms with Gasteiger partial charge in [-0.3, -0.25) is 4.79 Å². The SMILES string of the molecule is COc1ccccc1Oc1ccc(NC(=O)C(C)CN2CCCCC2)cn1. The van der Waals surface area contributed by atoms with Gasteiger partial charge in [-0.25, -0.2) is 4.98 Å². The molecule has 2 heterocycles. The highest BCUT2D eigenvalue weighted by Gasteiger charge is 2.19. The summed E-state index contributed by atoms with van der Waals surface area (Å²) in [6.07, 6.45) is 5.36. The smallest absolute Gasteiger partial charge is 0.228 e. The summed E-state index contributed by atoms with van der Waals surface area (Å²) < 4.78 is 11.0. The summed E-state index contributed by atoms with van der Waals surface area (Å²) in [5, 5.41) is 2.94. The number of nitrogens with one attached hydrogen (secondary N) is 1. The van der Waals surface area contributed by atoms with Crippen LogP contribution in [0.15, 0.2) is 42.6 Å². The highest BCUT2D eigenvalue weighted by molar-refractivity contribution is 5.92. The van der Waals surface area contributed by atoms with Crippen LogP contribution in [0.1, 0.15) is 26.2 Å². The molecule has 0 spiro atoms. The van der Waals surface area contributed by atoms with E-state index in [1.165, 1.54) is 19.3 Å². The fraction of sp³-hybridized carbons (Fsp3) is 0.429. The van der Waals surface area contributed by atoms with Crippen LogP contribution in [0, 0.1) is 5.92 Å². The number of amides is 1. The molecule has 1 aromatic heterocycles. The predicted molar refractivity (Wildman–Crippen MR) is 105 cm³/mol. The van der Waals surface area contributed by atoms with Crippen molar-refractivity contribution < 1.29 is 14.3 Å². The van der Waals surface area contributed by atoms with Gasteiger partial charge in [0.15, 0.2) is 11.5 Å². The van der Waals surface area contributed by atoms with Crippen LogP contribution in [0.3, 0.4) is 0 Å². The predicted octanol–water partition coefficient (Wildman–Crippen LogP) is 3.94. The van der Waals surface area contributed by atoms with E-state index >= 15 is 0 Å². The fourth-order valence-corrected chi connectivity index (χ4v) is 3.21. The molecule has 0 radical (unpaired) electrons. The number of methoxy groups -OCH3 is 1. The van der Waals surface area contributed by atoms with E-state index in [-0.39, 0.29) is 11.8 Å². The lowest BCUT2D eigenvalue weighted by atomic mass is 10.1. The van der Waals surface area contributed by atoms with Crippen LogP contribution in [0.2, 0.25) is 0 Å². The van der Waals surface area contributed by atoms with Gasteiger partial charge in [-0.05, 0) is 44.1 Å². The number of piperidine rings is 1. The highest BCUT2D eigenvalue weighted by Crippen LogP contribution is 2.30. The van der Waals surface area contributed by atoms with Gasteiger partial charge in [-0.2, -0.15) is 0 Å². The molecule has 1 N–H and O–H groups in total. The van der Waals surface area contributed by atoms with Gasteiger partial charge in [-0.1, -0.05) is 25.5 Å². The second kappa shape index (κ2) is 9.37. The summed E-state index contributed by atoms with van der Waals surface area (Å²) >= 11 is 0. The monoisotopic (exact) mass is 369 g/mol. The van der Waals surface area contributed by atoms with E-state index in [4.69, 9.17) is 9.47 Å². The minimum Gasteiger partial charge on any atom is -0.493 e. The molecule has 1 atom stereocenters. The number of pyridine rings is 1. The summed E-state index contributed by atoms with van der Waals surface area (Å²) in [7, 11) is 1.60. The minimum absolute atomic E-state index is 0.0146. The van der Waals surface area contributed by atoms with Crippen LogP contribution < -0.4 is 14.8 Å². The number of aromatic nitrogens is 1. The molecule has 1 saturated heterocycles. The number of ether oxygens (including phenoxy) is 2. The van der Waals surface area contributed by atoms with E-state index < -0.39 is 0 Å². The zero-order valence-electron chi connectivity index (χ0n) is 16.0. The average molecular weight is 369 g/mol. The zero-order valence-corrected chi connectivity index (χ0v) is 16.0. The van der Waals surface area contributed by atoms with E-state index in [2.05, 4.69) is 15.2 Å². The second-order valence-electron chi connectivity index (χ2n) is 6.89. The van der Waals surface area contributed by atoms with Crippen LogP contribution in [0.4, 0.5) is 5.69 Å². The van der Waals surface area contributed by atoms with Gasteiger partial charge in [-0.15, -0.1) is 0 Å². The molecular formula is C21H27N3O3. The van der Waals surface area contributed by atoms with Crippen molar-refractivity contribution in [1.82, 2.24) is 9.88 Å². The summed E-state index contributed by atoms with van der Waals surface area (Å²) in [6.45, 7) is 4.95. The van der Waals surface area contributed by atoms with Crippen molar-refractivity contribution in [3.63, 3.8) is 0 Å². The molecule has 3 rings (SSSR count). The van der Waals surface area contributed by atoms with Crippen molar-refractivity contribution in [2.24, 2.45) is 5.92 Å². The number of benzene rings is 1. The first kappa shape index (κ1) is 19.2. The largest absolute Gasteiger partial charge is 0.493 e. The number of carbonyl (C=O) groups excluding carboxylic acids is 1. The highest BCUT2D eigenvalue weighted by atomic mass is 16.5. The molecule has 0 aliphatic carbocycles. The topological polar surface area (TPSA) is 63.7 Å². The van der Waals surface area contributed by atoms with Gasteiger partial charge in [0.25, 0.3) is 0 Å². The molecule has 1 fully saturated rings.